The molecule has 0 unspecified atom stereocenters. The lowest BCUT2D eigenvalue weighted by molar-refractivity contribution is 0.0570. The number of piperidine rings is 1. The van der Waals surface area contributed by atoms with Gasteiger partial charge in [-0.3, -0.25) is 4.79 Å². The summed E-state index contributed by atoms with van der Waals surface area (Å²) in [5.41, 5.74) is 3.74. The van der Waals surface area contributed by atoms with Crippen LogP contribution in [0.4, 0.5) is 0 Å². The third-order valence-corrected chi connectivity index (χ3v) is 6.14. The monoisotopic (exact) mass is 392 g/mol. The van der Waals surface area contributed by atoms with Gasteiger partial charge in [0.25, 0.3) is 5.91 Å². The number of fused-ring (bicyclic) bond motifs is 2. The molecule has 2 aliphatic heterocycles. The van der Waals surface area contributed by atoms with Crippen LogP contribution in [0.3, 0.4) is 0 Å². The highest BCUT2D eigenvalue weighted by molar-refractivity contribution is 5.97. The van der Waals surface area contributed by atoms with Gasteiger partial charge >= 0.3 is 0 Å². The normalized spacial score (nSPS) is 21.4. The smallest absolute Gasteiger partial charge is 0.254 e. The first-order chi connectivity index (χ1) is 14.1. The first-order valence-electron chi connectivity index (χ1n) is 10.1. The molecule has 2 aromatic heterocycles. The number of hydrogen-bond donors (Lipinski definition) is 1. The number of aromatic nitrogens is 3. The minimum atomic E-state index is 0.0552. The second kappa shape index (κ2) is 7.06. The third kappa shape index (κ3) is 3.10. The minimum absolute atomic E-state index is 0.0552. The zero-order chi connectivity index (χ0) is 20.0. The van der Waals surface area contributed by atoms with Gasteiger partial charge in [-0.1, -0.05) is 11.2 Å². The molecule has 0 radical (unpaired) electrons. The van der Waals surface area contributed by atoms with Gasteiger partial charge in [-0.15, -0.1) is 0 Å². The Bertz CT molecular complexity index is 1050. The maximum Gasteiger partial charge on any atom is 0.254 e. The average Bonchev–Trinajstić information content (AvgIpc) is 3.37. The molecule has 1 saturated heterocycles. The van der Waals surface area contributed by atoms with E-state index in [-0.39, 0.29) is 17.9 Å². The number of aromatic amines is 1. The number of H-pyrrole nitrogens is 1. The molecule has 0 bridgehead atoms. The van der Waals surface area contributed by atoms with Crippen molar-refractivity contribution in [1.29, 1.82) is 0 Å². The summed E-state index contributed by atoms with van der Waals surface area (Å²) in [6, 6.07) is 7.96. The van der Waals surface area contributed by atoms with Crippen molar-refractivity contribution in [3.05, 3.63) is 53.0 Å². The summed E-state index contributed by atoms with van der Waals surface area (Å²) < 4.78 is 11.1. The molecule has 4 heterocycles. The highest BCUT2D eigenvalue weighted by Gasteiger charge is 2.38. The Balaban J connectivity index is 1.41. The summed E-state index contributed by atoms with van der Waals surface area (Å²) in [7, 11) is 1.66. The molecular weight excluding hydrogens is 368 g/mol. The second-order valence-corrected chi connectivity index (χ2v) is 7.96. The highest BCUT2D eigenvalue weighted by Crippen LogP contribution is 2.37. The molecule has 7 nitrogen and oxygen atoms in total. The number of carbonyl (C=O) groups excluding carboxylic acids is 1. The fourth-order valence-electron chi connectivity index (χ4n) is 4.60. The summed E-state index contributed by atoms with van der Waals surface area (Å²) in [6.07, 6.45) is 5.59. The van der Waals surface area contributed by atoms with Gasteiger partial charge < -0.3 is 19.1 Å². The fourth-order valence-corrected chi connectivity index (χ4v) is 4.60. The fraction of sp³-hybridized carbons (Fsp3) is 0.409. The van der Waals surface area contributed by atoms with Gasteiger partial charge in [-0.25, -0.2) is 0 Å². The molecule has 0 spiro atoms. The number of hydrogen-bond acceptors (Lipinski definition) is 5. The van der Waals surface area contributed by atoms with E-state index in [4.69, 9.17) is 9.26 Å². The van der Waals surface area contributed by atoms with E-state index in [0.717, 1.165) is 53.8 Å². The van der Waals surface area contributed by atoms with Crippen molar-refractivity contribution >= 4 is 5.91 Å². The molecule has 150 valence electrons. The van der Waals surface area contributed by atoms with Crippen molar-refractivity contribution in [2.75, 3.05) is 13.7 Å². The molecule has 0 aliphatic carbocycles. The van der Waals surface area contributed by atoms with Crippen LogP contribution in [0.1, 0.15) is 52.6 Å². The van der Waals surface area contributed by atoms with Gasteiger partial charge in [0.15, 0.2) is 0 Å². The Morgan fingerprint density at radius 1 is 1.28 bits per heavy atom. The van der Waals surface area contributed by atoms with Crippen LogP contribution in [0.2, 0.25) is 0 Å². The largest absolute Gasteiger partial charge is 0.496 e. The van der Waals surface area contributed by atoms with Crippen LogP contribution >= 0.6 is 0 Å². The first-order valence-corrected chi connectivity index (χ1v) is 10.1. The maximum absolute atomic E-state index is 13.3. The molecule has 2 aliphatic rings. The number of aryl methyl sites for hydroxylation is 1. The quantitative estimate of drug-likeness (QED) is 0.734. The lowest BCUT2D eigenvalue weighted by Crippen LogP contribution is -2.45. The van der Waals surface area contributed by atoms with E-state index in [0.29, 0.717) is 18.3 Å². The molecule has 0 saturated carbocycles. The zero-order valence-electron chi connectivity index (χ0n) is 16.6. The summed E-state index contributed by atoms with van der Waals surface area (Å²) in [5.74, 6) is 2.10. The van der Waals surface area contributed by atoms with Crippen LogP contribution < -0.4 is 4.74 Å². The van der Waals surface area contributed by atoms with E-state index in [1.54, 1.807) is 7.11 Å². The van der Waals surface area contributed by atoms with Crippen LogP contribution in [-0.4, -0.2) is 45.6 Å². The standard InChI is InChI=1S/C22H24N4O3/c1-13-10-18(23-11-13)20-24-21(29-25-20)14-6-7-15-8-9-16-17(22(27)26(15)12-14)4-3-5-19(16)28-2/h3-5,10-11,14-15,23H,6-9,12H2,1-2H3/t14-,15-/m1/s1. The van der Waals surface area contributed by atoms with Gasteiger partial charge in [0.1, 0.15) is 5.75 Å². The van der Waals surface area contributed by atoms with Crippen LogP contribution in [0.15, 0.2) is 35.0 Å². The van der Waals surface area contributed by atoms with Crippen molar-refractivity contribution in [1.82, 2.24) is 20.0 Å². The zero-order valence-corrected chi connectivity index (χ0v) is 16.6. The van der Waals surface area contributed by atoms with E-state index in [1.165, 1.54) is 0 Å². The van der Waals surface area contributed by atoms with Gasteiger partial charge in [0.2, 0.25) is 11.7 Å². The minimum Gasteiger partial charge on any atom is -0.496 e. The van der Waals surface area contributed by atoms with Crippen molar-refractivity contribution in [2.45, 2.75) is 44.6 Å². The molecular formula is C22H24N4O3. The van der Waals surface area contributed by atoms with Crippen molar-refractivity contribution in [2.24, 2.45) is 0 Å². The molecule has 1 N–H and O–H groups in total. The van der Waals surface area contributed by atoms with Crippen molar-refractivity contribution in [3.63, 3.8) is 0 Å². The number of nitrogens with zero attached hydrogens (tertiary/aromatic N) is 3. The topological polar surface area (TPSA) is 84.2 Å². The lowest BCUT2D eigenvalue weighted by atomic mass is 9.90. The molecule has 1 aromatic carbocycles. The van der Waals surface area contributed by atoms with Crippen LogP contribution in [-0.2, 0) is 6.42 Å². The average molecular weight is 392 g/mol. The second-order valence-electron chi connectivity index (χ2n) is 7.96. The van der Waals surface area contributed by atoms with E-state index in [9.17, 15) is 4.79 Å². The number of benzene rings is 1. The Labute approximate surface area is 169 Å². The van der Waals surface area contributed by atoms with E-state index in [2.05, 4.69) is 15.1 Å². The lowest BCUT2D eigenvalue weighted by Gasteiger charge is -2.37. The van der Waals surface area contributed by atoms with Crippen LogP contribution in [0.25, 0.3) is 11.5 Å². The summed E-state index contributed by atoms with van der Waals surface area (Å²) in [6.45, 7) is 2.62. The van der Waals surface area contributed by atoms with Crippen LogP contribution in [0.5, 0.6) is 5.75 Å². The first kappa shape index (κ1) is 18.0. The Morgan fingerprint density at radius 2 is 2.17 bits per heavy atom. The van der Waals surface area contributed by atoms with Gasteiger partial charge in [0.05, 0.1) is 18.7 Å². The summed E-state index contributed by atoms with van der Waals surface area (Å²) >= 11 is 0. The van der Waals surface area contributed by atoms with E-state index >= 15 is 0 Å². The van der Waals surface area contributed by atoms with E-state index in [1.807, 2.05) is 42.3 Å². The Hall–Kier alpha value is -3.09. The predicted octanol–water partition coefficient (Wildman–Crippen LogP) is 3.72. The number of nitrogens with one attached hydrogen (secondary N) is 1. The molecule has 7 heteroatoms. The SMILES string of the molecule is COc1cccc2c1CC[C@H]1CC[C@@H](c3nc(-c4cc(C)c[nH]4)no3)CN1C2=O. The molecule has 3 aromatic rings. The number of rotatable bonds is 3. The summed E-state index contributed by atoms with van der Waals surface area (Å²) in [4.78, 5) is 23.1. The van der Waals surface area contributed by atoms with Gasteiger partial charge in [0, 0.05) is 29.9 Å². The number of carbonyl (C=O) groups is 1. The molecule has 1 amide bonds. The van der Waals surface area contributed by atoms with Crippen molar-refractivity contribution < 1.29 is 14.1 Å². The van der Waals surface area contributed by atoms with Gasteiger partial charge in [-0.05, 0) is 56.4 Å². The number of methoxy groups -OCH3 is 1. The molecule has 5 rings (SSSR count). The Morgan fingerprint density at radius 3 is 2.97 bits per heavy atom. The predicted molar refractivity (Wildman–Crippen MR) is 107 cm³/mol. The number of ether oxygens (including phenoxy) is 1. The maximum atomic E-state index is 13.3. The molecule has 2 atom stereocenters. The molecule has 29 heavy (non-hydrogen) atoms. The Kier molecular flexibility index (Phi) is 4.38. The third-order valence-electron chi connectivity index (χ3n) is 6.14. The molecule has 1 fully saturated rings. The van der Waals surface area contributed by atoms with Crippen LogP contribution in [0, 0.1) is 6.92 Å². The summed E-state index contributed by atoms with van der Waals surface area (Å²) in [5, 5.41) is 4.14. The highest BCUT2D eigenvalue weighted by atomic mass is 16.5. The van der Waals surface area contributed by atoms with E-state index < -0.39 is 0 Å². The van der Waals surface area contributed by atoms with Gasteiger partial charge in [-0.2, -0.15) is 4.98 Å². The van der Waals surface area contributed by atoms with Crippen molar-refractivity contribution in [3.8, 4) is 17.3 Å². The number of amides is 1.